The number of nitrogens with one attached hydrogen (secondary N) is 1. The first-order valence-corrected chi connectivity index (χ1v) is 20.3. The van der Waals surface area contributed by atoms with Crippen LogP contribution in [0.2, 0.25) is 5.15 Å². The quantitative estimate of drug-likeness (QED) is 0.109. The normalized spacial score (nSPS) is 19.3. The molecule has 0 aliphatic heterocycles. The summed E-state index contributed by atoms with van der Waals surface area (Å²) in [6, 6.07) is 34.3. The second kappa shape index (κ2) is 14.9. The molecule has 3 aromatic carbocycles. The van der Waals surface area contributed by atoms with Gasteiger partial charge in [-0.2, -0.15) is 0 Å². The molecular weight excluding hydrogens is 743 g/mol. The summed E-state index contributed by atoms with van der Waals surface area (Å²) in [6.07, 6.45) is 7.31. The van der Waals surface area contributed by atoms with Crippen LogP contribution in [0.15, 0.2) is 116 Å². The molecule has 0 saturated heterocycles. The Morgan fingerprint density at radius 2 is 1.48 bits per heavy atom. The van der Waals surface area contributed by atoms with Gasteiger partial charge in [-0.15, -0.1) is 11.3 Å². The number of hydrogen-bond acceptors (Lipinski definition) is 8. The molecule has 2 atom stereocenters. The molecule has 3 fully saturated rings. The van der Waals surface area contributed by atoms with Crippen molar-refractivity contribution in [3.8, 4) is 22.0 Å². The third-order valence-corrected chi connectivity index (χ3v) is 12.7. The molecule has 2 bridgehead atoms. The molecule has 56 heavy (non-hydrogen) atoms. The minimum atomic E-state index is -0.956. The molecule has 3 aliphatic rings. The summed E-state index contributed by atoms with van der Waals surface area (Å²) in [6.45, 7) is 4.10. The largest absolute Gasteiger partial charge is 0.466 e. The van der Waals surface area contributed by atoms with Gasteiger partial charge in [-0.1, -0.05) is 103 Å². The van der Waals surface area contributed by atoms with Crippen molar-refractivity contribution in [2.75, 3.05) is 11.9 Å². The van der Waals surface area contributed by atoms with Crippen LogP contribution in [0.1, 0.15) is 54.2 Å². The molecule has 7 aromatic rings. The highest BCUT2D eigenvalue weighted by Crippen LogP contribution is 2.48. The van der Waals surface area contributed by atoms with Gasteiger partial charge in [-0.25, -0.2) is 24.3 Å². The fourth-order valence-electron chi connectivity index (χ4n) is 9.12. The summed E-state index contributed by atoms with van der Waals surface area (Å²) in [4.78, 5) is 34.9. The fraction of sp³-hybridized carbons (Fsp3) is 0.267. The second-order valence-corrected chi connectivity index (χ2v) is 16.4. The predicted molar refractivity (Wildman–Crippen MR) is 219 cm³/mol. The van der Waals surface area contributed by atoms with Crippen LogP contribution >= 0.6 is 22.9 Å². The van der Waals surface area contributed by atoms with Crippen molar-refractivity contribution in [2.24, 2.45) is 17.8 Å². The number of nitrogens with zero attached hydrogens (tertiary/aromatic N) is 5. The van der Waals surface area contributed by atoms with Gasteiger partial charge in [0.2, 0.25) is 0 Å². The Hall–Kier alpha value is -5.45. The molecule has 0 radical (unpaired) electrons. The number of hydrogen-bond donors (Lipinski definition) is 1. The molecular formula is C45H40ClFN6O2S. The van der Waals surface area contributed by atoms with Crippen LogP contribution in [0.4, 0.5) is 10.2 Å². The molecule has 0 amide bonds. The van der Waals surface area contributed by atoms with Gasteiger partial charge < -0.3 is 14.6 Å². The lowest BCUT2D eigenvalue weighted by Gasteiger charge is -2.47. The summed E-state index contributed by atoms with van der Waals surface area (Å²) in [5.41, 5.74) is 3.74. The average molecular weight is 783 g/mol. The number of carbonyl (C=O) groups is 1. The van der Waals surface area contributed by atoms with Crippen LogP contribution in [-0.2, 0) is 15.1 Å². The van der Waals surface area contributed by atoms with Crippen molar-refractivity contribution in [2.45, 2.75) is 51.1 Å². The Kier molecular flexibility index (Phi) is 9.63. The average Bonchev–Trinajstić information content (AvgIpc) is 3.84. The molecule has 11 heteroatoms. The third kappa shape index (κ3) is 6.15. The number of anilines is 1. The van der Waals surface area contributed by atoms with Crippen LogP contribution in [-0.4, -0.2) is 43.1 Å². The monoisotopic (exact) mass is 782 g/mol. The van der Waals surface area contributed by atoms with Gasteiger partial charge in [-0.3, -0.25) is 4.79 Å². The standard InChI is InChI=1S/C45H40ClFN6O2S/c1-3-55-44(54)36-28-20-22-29(23-21-28)38(36)50-42-37(47)40(34-24-19-27(2)56-34)51-41(52-42)33-26-53(43-39(33)48-25-35(46)49-43)45(30-13-7-4-8-14-30,31-15-9-5-10-16-31)32-17-11-6-12-18-32/h4-19,24-26,28-29,36,38H,3,20-23H2,1-2H3,(H,50,51,52)/t28?,29?,36-,38-/m0/s1. The highest BCUT2D eigenvalue weighted by atomic mass is 35.5. The van der Waals surface area contributed by atoms with Crippen molar-refractivity contribution < 1.29 is 13.9 Å². The number of aryl methyl sites for hydroxylation is 1. The van der Waals surface area contributed by atoms with Crippen molar-refractivity contribution in [1.82, 2.24) is 24.5 Å². The first-order chi connectivity index (χ1) is 27.4. The second-order valence-electron chi connectivity index (χ2n) is 14.7. The van der Waals surface area contributed by atoms with Crippen LogP contribution < -0.4 is 5.32 Å². The van der Waals surface area contributed by atoms with Crippen LogP contribution in [0.5, 0.6) is 0 Å². The van der Waals surface area contributed by atoms with Gasteiger partial charge in [-0.05, 0) is 80.2 Å². The molecule has 10 rings (SSSR count). The number of aromatic nitrogens is 5. The molecule has 0 spiro atoms. The number of fused-ring (bicyclic) bond motifs is 4. The number of carbonyl (C=O) groups excluding carboxylic acids is 1. The topological polar surface area (TPSA) is 94.8 Å². The zero-order valence-corrected chi connectivity index (χ0v) is 32.6. The van der Waals surface area contributed by atoms with E-state index in [1.165, 1.54) is 17.5 Å². The first kappa shape index (κ1) is 36.2. The molecule has 1 N–H and O–H groups in total. The highest BCUT2D eigenvalue weighted by Gasteiger charge is 2.48. The number of halogens is 2. The first-order valence-electron chi connectivity index (χ1n) is 19.1. The molecule has 3 aliphatic carbocycles. The zero-order valence-electron chi connectivity index (χ0n) is 31.0. The summed E-state index contributed by atoms with van der Waals surface area (Å²) in [5, 5.41) is 3.71. The van der Waals surface area contributed by atoms with E-state index in [1.54, 1.807) is 0 Å². The smallest absolute Gasteiger partial charge is 0.311 e. The Morgan fingerprint density at radius 3 is 2.05 bits per heavy atom. The molecule has 4 aromatic heterocycles. The van der Waals surface area contributed by atoms with Crippen molar-refractivity contribution in [1.29, 1.82) is 0 Å². The number of thiophene rings is 1. The van der Waals surface area contributed by atoms with E-state index in [9.17, 15) is 4.79 Å². The van der Waals surface area contributed by atoms with Crippen molar-refractivity contribution in [3.05, 3.63) is 148 Å². The summed E-state index contributed by atoms with van der Waals surface area (Å²) >= 11 is 8.14. The van der Waals surface area contributed by atoms with E-state index in [1.807, 2.05) is 86.8 Å². The van der Waals surface area contributed by atoms with E-state index < -0.39 is 17.3 Å². The van der Waals surface area contributed by atoms with E-state index in [0.29, 0.717) is 28.2 Å². The van der Waals surface area contributed by atoms with Gasteiger partial charge in [0.1, 0.15) is 21.9 Å². The van der Waals surface area contributed by atoms with Crippen LogP contribution in [0.3, 0.4) is 0 Å². The van der Waals surface area contributed by atoms with Gasteiger partial charge in [0.05, 0.1) is 29.2 Å². The lowest BCUT2D eigenvalue weighted by atomic mass is 9.61. The van der Waals surface area contributed by atoms with E-state index in [0.717, 1.165) is 47.3 Å². The highest BCUT2D eigenvalue weighted by molar-refractivity contribution is 7.15. The molecule has 282 valence electrons. The predicted octanol–water partition coefficient (Wildman–Crippen LogP) is 10.3. The van der Waals surface area contributed by atoms with E-state index in [-0.39, 0.29) is 46.3 Å². The third-order valence-electron chi connectivity index (χ3n) is 11.5. The van der Waals surface area contributed by atoms with E-state index in [4.69, 9.17) is 36.3 Å². The lowest BCUT2D eigenvalue weighted by Crippen LogP contribution is -2.52. The van der Waals surface area contributed by atoms with E-state index >= 15 is 4.39 Å². The van der Waals surface area contributed by atoms with Crippen LogP contribution in [0.25, 0.3) is 33.1 Å². The van der Waals surface area contributed by atoms with Gasteiger partial charge in [0, 0.05) is 17.1 Å². The number of benzene rings is 3. The number of ether oxygens (including phenoxy) is 1. The SMILES string of the molecule is CCOC(=O)[C@H]1C2CCC(CC2)[C@@H]1Nc1nc(-c2cn(C(c3ccccc3)(c3ccccc3)c3ccccc3)c3nc(Cl)cnc23)nc(-c2ccc(C)s2)c1F. The zero-order chi connectivity index (χ0) is 38.4. The summed E-state index contributed by atoms with van der Waals surface area (Å²) in [7, 11) is 0. The van der Waals surface area contributed by atoms with Crippen molar-refractivity contribution in [3.63, 3.8) is 0 Å². The van der Waals surface area contributed by atoms with Gasteiger partial charge in [0.15, 0.2) is 23.1 Å². The maximum absolute atomic E-state index is 17.0. The Labute approximate surface area is 333 Å². The Balaban J connectivity index is 1.30. The fourth-order valence-corrected chi connectivity index (χ4v) is 10.1. The molecule has 4 heterocycles. The maximum atomic E-state index is 17.0. The van der Waals surface area contributed by atoms with Crippen molar-refractivity contribution >= 4 is 45.9 Å². The van der Waals surface area contributed by atoms with Gasteiger partial charge >= 0.3 is 5.97 Å². The molecule has 8 nitrogen and oxygen atoms in total. The maximum Gasteiger partial charge on any atom is 0.311 e. The Bertz CT molecular complexity index is 2420. The minimum absolute atomic E-state index is 0.0474. The summed E-state index contributed by atoms with van der Waals surface area (Å²) < 4.78 is 24.7. The molecule has 0 unspecified atom stereocenters. The van der Waals surface area contributed by atoms with Crippen LogP contribution in [0, 0.1) is 30.5 Å². The van der Waals surface area contributed by atoms with E-state index in [2.05, 4.69) is 46.3 Å². The molecule has 3 saturated carbocycles. The lowest BCUT2D eigenvalue weighted by molar-refractivity contribution is -0.154. The number of rotatable bonds is 10. The minimum Gasteiger partial charge on any atom is -0.466 e. The summed E-state index contributed by atoms with van der Waals surface area (Å²) in [5.74, 6) is -0.537. The Morgan fingerprint density at radius 1 is 0.875 bits per heavy atom. The van der Waals surface area contributed by atoms with Gasteiger partial charge in [0.25, 0.3) is 0 Å². The number of esters is 1.